The molecule has 114 valence electrons. The van der Waals surface area contributed by atoms with Crippen LogP contribution in [-0.2, 0) is 4.79 Å². The lowest BCUT2D eigenvalue weighted by atomic mass is 10.1. The normalized spacial score (nSPS) is 13.5. The van der Waals surface area contributed by atoms with Crippen LogP contribution in [0.3, 0.4) is 0 Å². The molecule has 0 radical (unpaired) electrons. The van der Waals surface area contributed by atoms with Gasteiger partial charge in [0.05, 0.1) is 23.5 Å². The van der Waals surface area contributed by atoms with Crippen LogP contribution in [0.2, 0.25) is 0 Å². The monoisotopic (exact) mass is 290 g/mol. The van der Waals surface area contributed by atoms with Crippen molar-refractivity contribution in [3.63, 3.8) is 0 Å². The van der Waals surface area contributed by atoms with Crippen LogP contribution in [0, 0.1) is 0 Å². The molecule has 0 fully saturated rings. The molecule has 2 rings (SSSR count). The number of rotatable bonds is 3. The Kier molecular flexibility index (Phi) is 4.35. The fourth-order valence-corrected chi connectivity index (χ4v) is 2.18. The Labute approximate surface area is 124 Å². The second-order valence-electron chi connectivity index (χ2n) is 6.06. The molecule has 4 N–H and O–H groups in total. The minimum Gasteiger partial charge on any atom is -0.382 e. The largest absolute Gasteiger partial charge is 0.382 e. The van der Waals surface area contributed by atoms with Gasteiger partial charge in [0.15, 0.2) is 0 Å². The Morgan fingerprint density at radius 2 is 1.90 bits per heavy atom. The summed E-state index contributed by atoms with van der Waals surface area (Å²) in [7, 11) is 0. The zero-order valence-electron chi connectivity index (χ0n) is 12.7. The minimum atomic E-state index is -0.306. The molecule has 1 heterocycles. The van der Waals surface area contributed by atoms with Crippen molar-refractivity contribution in [1.82, 2.24) is 10.6 Å². The van der Waals surface area contributed by atoms with Gasteiger partial charge in [0, 0.05) is 18.6 Å². The van der Waals surface area contributed by atoms with Crippen molar-refractivity contribution in [2.45, 2.75) is 26.3 Å². The van der Waals surface area contributed by atoms with E-state index in [1.807, 2.05) is 32.9 Å². The van der Waals surface area contributed by atoms with E-state index >= 15 is 0 Å². The second kappa shape index (κ2) is 6.03. The molecule has 0 aromatic heterocycles. The van der Waals surface area contributed by atoms with Crippen LogP contribution >= 0.6 is 0 Å². The highest BCUT2D eigenvalue weighted by Gasteiger charge is 2.18. The van der Waals surface area contributed by atoms with E-state index in [9.17, 15) is 9.59 Å². The average molecular weight is 290 g/mol. The predicted molar refractivity (Wildman–Crippen MR) is 83.7 cm³/mol. The Bertz CT molecular complexity index is 549. The Morgan fingerprint density at radius 1 is 1.19 bits per heavy atom. The first-order chi connectivity index (χ1) is 9.87. The van der Waals surface area contributed by atoms with E-state index in [1.165, 1.54) is 0 Å². The third-order valence-electron chi connectivity index (χ3n) is 2.98. The van der Waals surface area contributed by atoms with Crippen LogP contribution in [0.4, 0.5) is 11.4 Å². The van der Waals surface area contributed by atoms with Gasteiger partial charge in [-0.25, -0.2) is 0 Å². The smallest absolute Gasteiger partial charge is 0.253 e. The van der Waals surface area contributed by atoms with Crippen LogP contribution < -0.4 is 21.3 Å². The van der Waals surface area contributed by atoms with Gasteiger partial charge >= 0.3 is 0 Å². The van der Waals surface area contributed by atoms with Gasteiger partial charge in [0.2, 0.25) is 5.91 Å². The molecule has 0 aliphatic carbocycles. The van der Waals surface area contributed by atoms with Crippen molar-refractivity contribution in [2.24, 2.45) is 0 Å². The summed E-state index contributed by atoms with van der Waals surface area (Å²) in [5.74, 6) is -0.459. The van der Waals surface area contributed by atoms with Gasteiger partial charge in [-0.05, 0) is 32.9 Å². The molecule has 1 aliphatic heterocycles. The minimum absolute atomic E-state index is 0.0345. The number of carbonyl (C=O) groups is 2. The molecule has 0 unspecified atom stereocenters. The van der Waals surface area contributed by atoms with E-state index in [0.717, 1.165) is 24.5 Å². The van der Waals surface area contributed by atoms with Crippen LogP contribution in [0.1, 0.15) is 31.1 Å². The second-order valence-corrected chi connectivity index (χ2v) is 6.06. The van der Waals surface area contributed by atoms with Crippen LogP contribution in [-0.4, -0.2) is 37.0 Å². The number of benzene rings is 1. The molecule has 1 aromatic rings. The zero-order valence-corrected chi connectivity index (χ0v) is 12.7. The highest BCUT2D eigenvalue weighted by Crippen LogP contribution is 2.28. The van der Waals surface area contributed by atoms with E-state index in [2.05, 4.69) is 21.3 Å². The fraction of sp³-hybridized carbons (Fsp3) is 0.467. The maximum Gasteiger partial charge on any atom is 0.253 e. The van der Waals surface area contributed by atoms with Crippen molar-refractivity contribution >= 4 is 23.2 Å². The van der Waals surface area contributed by atoms with Gasteiger partial charge in [0.1, 0.15) is 0 Å². The maximum atomic E-state index is 12.2. The average Bonchev–Trinajstić information content (AvgIpc) is 2.42. The van der Waals surface area contributed by atoms with Gasteiger partial charge in [0.25, 0.3) is 5.91 Å². The molecule has 1 aromatic carbocycles. The Hall–Kier alpha value is -2.24. The quantitative estimate of drug-likeness (QED) is 0.673. The summed E-state index contributed by atoms with van der Waals surface area (Å²) in [6.07, 6.45) is 0. The van der Waals surface area contributed by atoms with Crippen molar-refractivity contribution in [1.29, 1.82) is 0 Å². The molecular weight excluding hydrogens is 268 g/mol. The van der Waals surface area contributed by atoms with Gasteiger partial charge in [-0.1, -0.05) is 6.07 Å². The highest BCUT2D eigenvalue weighted by atomic mass is 16.2. The Balaban J connectivity index is 2.00. The van der Waals surface area contributed by atoms with Gasteiger partial charge in [-0.15, -0.1) is 0 Å². The van der Waals surface area contributed by atoms with E-state index in [0.29, 0.717) is 5.56 Å². The van der Waals surface area contributed by atoms with Gasteiger partial charge in [-0.2, -0.15) is 0 Å². The first kappa shape index (κ1) is 15.2. The lowest BCUT2D eigenvalue weighted by molar-refractivity contribution is -0.121. The Morgan fingerprint density at radius 3 is 2.62 bits per heavy atom. The van der Waals surface area contributed by atoms with Crippen molar-refractivity contribution in [2.75, 3.05) is 30.3 Å². The summed E-state index contributed by atoms with van der Waals surface area (Å²) in [4.78, 5) is 24.0. The summed E-state index contributed by atoms with van der Waals surface area (Å²) >= 11 is 0. The molecule has 0 saturated heterocycles. The first-order valence-corrected chi connectivity index (χ1v) is 7.07. The lowest BCUT2D eigenvalue weighted by Crippen LogP contribution is -2.45. The summed E-state index contributed by atoms with van der Waals surface area (Å²) < 4.78 is 0. The predicted octanol–water partition coefficient (Wildman–Crippen LogP) is 1.17. The highest BCUT2D eigenvalue weighted by molar-refractivity contribution is 6.03. The molecule has 6 nitrogen and oxygen atoms in total. The molecule has 0 atom stereocenters. The topological polar surface area (TPSA) is 82.3 Å². The molecule has 0 spiro atoms. The van der Waals surface area contributed by atoms with Crippen molar-refractivity contribution in [3.8, 4) is 0 Å². The van der Waals surface area contributed by atoms with Gasteiger partial charge < -0.3 is 21.3 Å². The van der Waals surface area contributed by atoms with Crippen molar-refractivity contribution in [3.05, 3.63) is 23.8 Å². The van der Waals surface area contributed by atoms with E-state index in [4.69, 9.17) is 0 Å². The van der Waals surface area contributed by atoms with Crippen LogP contribution in [0.25, 0.3) is 0 Å². The lowest BCUT2D eigenvalue weighted by Gasteiger charge is -2.23. The summed E-state index contributed by atoms with van der Waals surface area (Å²) in [5.41, 5.74) is 1.94. The molecule has 1 aliphatic rings. The van der Waals surface area contributed by atoms with E-state index < -0.39 is 0 Å². The third-order valence-corrected chi connectivity index (χ3v) is 2.98. The summed E-state index contributed by atoms with van der Waals surface area (Å²) in [6.45, 7) is 7.25. The standard InChI is InChI=1S/C15H22N4O2/c1-15(2,3)19-12(20)9-18-14(21)10-5-4-6-11-13(10)17-8-7-16-11/h4-6,16-17H,7-9H2,1-3H3,(H,18,21)(H,19,20). The van der Waals surface area contributed by atoms with E-state index in [1.54, 1.807) is 6.07 Å². The number of amides is 2. The number of carbonyl (C=O) groups excluding carboxylic acids is 2. The number of anilines is 2. The number of para-hydroxylation sites is 1. The number of nitrogens with one attached hydrogen (secondary N) is 4. The molecular formula is C15H22N4O2. The van der Waals surface area contributed by atoms with E-state index in [-0.39, 0.29) is 23.9 Å². The van der Waals surface area contributed by atoms with Crippen LogP contribution in [0.5, 0.6) is 0 Å². The number of hydrogen-bond donors (Lipinski definition) is 4. The summed E-state index contributed by atoms with van der Waals surface area (Å²) in [6, 6.07) is 5.49. The molecule has 0 saturated carbocycles. The molecule has 21 heavy (non-hydrogen) atoms. The van der Waals surface area contributed by atoms with Crippen LogP contribution in [0.15, 0.2) is 18.2 Å². The fourth-order valence-electron chi connectivity index (χ4n) is 2.18. The SMILES string of the molecule is CC(C)(C)NC(=O)CNC(=O)c1cccc2c1NCCN2. The summed E-state index contributed by atoms with van der Waals surface area (Å²) in [5, 5.41) is 11.9. The number of hydrogen-bond acceptors (Lipinski definition) is 4. The third kappa shape index (κ3) is 4.11. The first-order valence-electron chi connectivity index (χ1n) is 7.07. The molecule has 2 amide bonds. The molecule has 6 heteroatoms. The number of fused-ring (bicyclic) bond motifs is 1. The van der Waals surface area contributed by atoms with Crippen molar-refractivity contribution < 1.29 is 9.59 Å². The van der Waals surface area contributed by atoms with Gasteiger partial charge in [-0.3, -0.25) is 9.59 Å². The maximum absolute atomic E-state index is 12.2. The zero-order chi connectivity index (χ0) is 15.5. The molecule has 0 bridgehead atoms.